The van der Waals surface area contributed by atoms with Crippen LogP contribution in [0, 0.1) is 0 Å². The van der Waals surface area contributed by atoms with Crippen molar-refractivity contribution in [1.82, 2.24) is 4.57 Å². The number of allylic oxidation sites excluding steroid dienone is 1. The van der Waals surface area contributed by atoms with Crippen LogP contribution >= 0.6 is 0 Å². The fourth-order valence-electron chi connectivity index (χ4n) is 3.73. The Morgan fingerprint density at radius 2 is 1.62 bits per heavy atom. The molecule has 116 valence electrons. The zero-order chi connectivity index (χ0) is 16.3. The highest BCUT2D eigenvalue weighted by Gasteiger charge is 2.17. The molecule has 0 bridgehead atoms. The Kier molecular flexibility index (Phi) is 2.66. The highest BCUT2D eigenvalue weighted by molar-refractivity contribution is 6.24. The normalized spacial score (nSPS) is 11.9. The number of fused-ring (bicyclic) bond motifs is 7. The van der Waals surface area contributed by atoms with Gasteiger partial charge in [-0.25, -0.2) is 0 Å². The average molecular weight is 311 g/mol. The zero-order valence-corrected chi connectivity index (χ0v) is 13.5. The van der Waals surface area contributed by atoms with Crippen LogP contribution in [0.3, 0.4) is 0 Å². The molecule has 2 heteroatoms. The molecule has 0 saturated heterocycles. The Morgan fingerprint density at radius 3 is 2.46 bits per heavy atom. The second kappa shape index (κ2) is 4.75. The molecule has 0 saturated carbocycles. The number of furan rings is 1. The summed E-state index contributed by atoms with van der Waals surface area (Å²) in [5, 5.41) is 4.73. The van der Waals surface area contributed by atoms with Crippen molar-refractivity contribution >= 4 is 49.4 Å². The Labute approximate surface area is 139 Å². The van der Waals surface area contributed by atoms with E-state index in [2.05, 4.69) is 66.6 Å². The lowest BCUT2D eigenvalue weighted by molar-refractivity contribution is 0.673. The van der Waals surface area contributed by atoms with E-state index in [0.717, 1.165) is 28.8 Å². The molecular formula is C22H17NO. The van der Waals surface area contributed by atoms with Gasteiger partial charge in [0.2, 0.25) is 0 Å². The number of hydrogen-bond acceptors (Lipinski definition) is 1. The standard InChI is InChI=1S/C22H17NO/c1-3-14(2)23-18-10-6-4-9-17(18)21-19(23)13-12-16-15-8-5-7-11-20(15)24-22(16)21/h4-13H,2-3H2,1H3. The van der Waals surface area contributed by atoms with Gasteiger partial charge in [-0.05, 0) is 30.7 Å². The fraction of sp³-hybridized carbons (Fsp3) is 0.0909. The molecule has 0 atom stereocenters. The lowest BCUT2D eigenvalue weighted by atomic mass is 10.1. The van der Waals surface area contributed by atoms with Gasteiger partial charge >= 0.3 is 0 Å². The van der Waals surface area contributed by atoms with Gasteiger partial charge in [0.25, 0.3) is 0 Å². The zero-order valence-electron chi connectivity index (χ0n) is 13.5. The summed E-state index contributed by atoms with van der Waals surface area (Å²) in [5.74, 6) is 0. The smallest absolute Gasteiger partial charge is 0.145 e. The third kappa shape index (κ3) is 1.60. The van der Waals surface area contributed by atoms with Crippen molar-refractivity contribution in [3.05, 3.63) is 67.2 Å². The van der Waals surface area contributed by atoms with Crippen LogP contribution in [0.2, 0.25) is 0 Å². The van der Waals surface area contributed by atoms with E-state index in [1.807, 2.05) is 12.1 Å². The quantitative estimate of drug-likeness (QED) is 0.360. The average Bonchev–Trinajstić information content (AvgIpc) is 3.16. The number of rotatable bonds is 2. The molecule has 0 unspecified atom stereocenters. The van der Waals surface area contributed by atoms with E-state index in [9.17, 15) is 0 Å². The minimum absolute atomic E-state index is 0.909. The van der Waals surface area contributed by atoms with Crippen LogP contribution in [0.5, 0.6) is 0 Å². The molecule has 24 heavy (non-hydrogen) atoms. The summed E-state index contributed by atoms with van der Waals surface area (Å²) in [6, 6.07) is 21.1. The first-order valence-electron chi connectivity index (χ1n) is 8.31. The van der Waals surface area contributed by atoms with Crippen LogP contribution in [0.4, 0.5) is 0 Å². The van der Waals surface area contributed by atoms with Crippen LogP contribution in [-0.2, 0) is 0 Å². The Balaban J connectivity index is 2.08. The summed E-state index contributed by atoms with van der Waals surface area (Å²) < 4.78 is 8.52. The summed E-state index contributed by atoms with van der Waals surface area (Å²) in [6.07, 6.45) is 0.909. The molecule has 0 spiro atoms. The van der Waals surface area contributed by atoms with Gasteiger partial charge in [-0.2, -0.15) is 0 Å². The summed E-state index contributed by atoms with van der Waals surface area (Å²) >= 11 is 0. The maximum atomic E-state index is 6.26. The molecule has 0 aliphatic heterocycles. The van der Waals surface area contributed by atoms with Crippen molar-refractivity contribution in [2.24, 2.45) is 0 Å². The number of aromatic nitrogens is 1. The topological polar surface area (TPSA) is 18.1 Å². The first kappa shape index (κ1) is 13.4. The Morgan fingerprint density at radius 1 is 0.875 bits per heavy atom. The third-order valence-electron chi connectivity index (χ3n) is 4.90. The molecule has 3 aromatic carbocycles. The van der Waals surface area contributed by atoms with E-state index in [-0.39, 0.29) is 0 Å². The van der Waals surface area contributed by atoms with E-state index in [0.29, 0.717) is 0 Å². The van der Waals surface area contributed by atoms with Gasteiger partial charge in [0.15, 0.2) is 0 Å². The van der Waals surface area contributed by atoms with Gasteiger partial charge in [0, 0.05) is 21.9 Å². The summed E-state index contributed by atoms with van der Waals surface area (Å²) in [4.78, 5) is 0. The van der Waals surface area contributed by atoms with Gasteiger partial charge in [-0.3, -0.25) is 0 Å². The monoisotopic (exact) mass is 311 g/mol. The van der Waals surface area contributed by atoms with Crippen LogP contribution < -0.4 is 0 Å². The van der Waals surface area contributed by atoms with Crippen molar-refractivity contribution < 1.29 is 4.42 Å². The highest BCUT2D eigenvalue weighted by Crippen LogP contribution is 2.40. The van der Waals surface area contributed by atoms with Gasteiger partial charge in [-0.1, -0.05) is 49.9 Å². The molecule has 0 radical (unpaired) electrons. The molecule has 5 aromatic rings. The van der Waals surface area contributed by atoms with Gasteiger partial charge in [0.05, 0.1) is 16.4 Å². The van der Waals surface area contributed by atoms with Crippen molar-refractivity contribution in [3.8, 4) is 0 Å². The van der Waals surface area contributed by atoms with E-state index in [4.69, 9.17) is 4.42 Å². The number of para-hydroxylation sites is 2. The predicted molar refractivity (Wildman–Crippen MR) is 102 cm³/mol. The Hall–Kier alpha value is -3.00. The molecule has 0 amide bonds. The SMILES string of the molecule is C=C(CC)n1c2ccccc2c2c3oc4ccccc4c3ccc21. The third-order valence-corrected chi connectivity index (χ3v) is 4.90. The van der Waals surface area contributed by atoms with E-state index in [1.165, 1.54) is 27.1 Å². The largest absolute Gasteiger partial charge is 0.455 e. The van der Waals surface area contributed by atoms with Gasteiger partial charge in [0.1, 0.15) is 11.2 Å². The maximum absolute atomic E-state index is 6.26. The first-order chi connectivity index (χ1) is 11.8. The molecule has 0 aliphatic carbocycles. The lowest BCUT2D eigenvalue weighted by Gasteiger charge is -2.08. The molecule has 0 N–H and O–H groups in total. The molecule has 5 rings (SSSR count). The van der Waals surface area contributed by atoms with Gasteiger partial charge in [-0.15, -0.1) is 0 Å². The number of benzene rings is 3. The maximum Gasteiger partial charge on any atom is 0.145 e. The van der Waals surface area contributed by atoms with Crippen molar-refractivity contribution in [2.45, 2.75) is 13.3 Å². The highest BCUT2D eigenvalue weighted by atomic mass is 16.3. The number of hydrogen-bond donors (Lipinski definition) is 0. The summed E-state index contributed by atoms with van der Waals surface area (Å²) in [7, 11) is 0. The first-order valence-corrected chi connectivity index (χ1v) is 8.31. The number of nitrogens with zero attached hydrogens (tertiary/aromatic N) is 1. The van der Waals surface area contributed by atoms with Crippen molar-refractivity contribution in [3.63, 3.8) is 0 Å². The molecule has 2 nitrogen and oxygen atoms in total. The van der Waals surface area contributed by atoms with Gasteiger partial charge < -0.3 is 8.98 Å². The van der Waals surface area contributed by atoms with Crippen molar-refractivity contribution in [2.75, 3.05) is 0 Å². The molecule has 2 aromatic heterocycles. The van der Waals surface area contributed by atoms with Crippen molar-refractivity contribution in [1.29, 1.82) is 0 Å². The lowest BCUT2D eigenvalue weighted by Crippen LogP contribution is -1.93. The molecule has 0 fully saturated rings. The summed E-state index contributed by atoms with van der Waals surface area (Å²) in [6.45, 7) is 6.41. The van der Waals surface area contributed by atoms with Crippen LogP contribution in [0.1, 0.15) is 13.3 Å². The van der Waals surface area contributed by atoms with E-state index >= 15 is 0 Å². The van der Waals surface area contributed by atoms with E-state index < -0.39 is 0 Å². The van der Waals surface area contributed by atoms with E-state index in [1.54, 1.807) is 0 Å². The molecule has 0 aliphatic rings. The Bertz CT molecular complexity index is 1250. The summed E-state index contributed by atoms with van der Waals surface area (Å²) in [5.41, 5.74) is 5.34. The minimum atomic E-state index is 0.909. The van der Waals surface area contributed by atoms with Crippen LogP contribution in [0.15, 0.2) is 71.7 Å². The minimum Gasteiger partial charge on any atom is -0.455 e. The fourth-order valence-corrected chi connectivity index (χ4v) is 3.73. The second-order valence-electron chi connectivity index (χ2n) is 6.21. The second-order valence-corrected chi connectivity index (χ2v) is 6.21. The predicted octanol–water partition coefficient (Wildman–Crippen LogP) is 6.57. The molecular weight excluding hydrogens is 294 g/mol. The molecule has 2 heterocycles. The van der Waals surface area contributed by atoms with Crippen LogP contribution in [0.25, 0.3) is 49.4 Å². The van der Waals surface area contributed by atoms with Crippen LogP contribution in [-0.4, -0.2) is 4.57 Å².